The van der Waals surface area contributed by atoms with Crippen LogP contribution in [0.25, 0.3) is 0 Å². The van der Waals surface area contributed by atoms with Crippen molar-refractivity contribution in [1.82, 2.24) is 25.1 Å². The Hall–Kier alpha value is -2.73. The number of carbonyl (C=O) groups is 1. The molecule has 0 unspecified atom stereocenters. The van der Waals surface area contributed by atoms with Crippen molar-refractivity contribution in [2.24, 2.45) is 0 Å². The smallest absolute Gasteiger partial charge is 0.381 e. The first kappa shape index (κ1) is 28.8. The third-order valence-corrected chi connectivity index (χ3v) is 5.73. The van der Waals surface area contributed by atoms with Crippen LogP contribution in [0.3, 0.4) is 0 Å². The Morgan fingerprint density at radius 2 is 1.65 bits per heavy atom. The van der Waals surface area contributed by atoms with Crippen LogP contribution < -0.4 is 15.8 Å². The van der Waals surface area contributed by atoms with Crippen molar-refractivity contribution in [2.45, 2.75) is 23.0 Å². The fraction of sp³-hybridized carbons (Fsp3) is 0.526. The number of aromatic amines is 1. The van der Waals surface area contributed by atoms with E-state index in [0.717, 1.165) is 6.20 Å². The predicted octanol–water partition coefficient (Wildman–Crippen LogP) is 2.28. The number of nitrogens with one attached hydrogen (secondary N) is 2. The number of H-pyrrole nitrogens is 1. The summed E-state index contributed by atoms with van der Waals surface area (Å²) < 4.78 is 81.1. The first-order chi connectivity index (χ1) is 17.2. The normalized spacial score (nSPS) is 15.1. The van der Waals surface area contributed by atoms with Gasteiger partial charge in [-0.3, -0.25) is 9.59 Å². The van der Waals surface area contributed by atoms with E-state index in [1.807, 2.05) is 0 Å². The fourth-order valence-electron chi connectivity index (χ4n) is 3.36. The van der Waals surface area contributed by atoms with Crippen molar-refractivity contribution in [3.05, 3.63) is 40.1 Å². The van der Waals surface area contributed by atoms with Crippen LogP contribution in [0.4, 0.5) is 38.0 Å². The van der Waals surface area contributed by atoms with Crippen molar-refractivity contribution in [1.29, 1.82) is 0 Å². The molecule has 0 aromatic carbocycles. The Bertz CT molecular complexity index is 1140. The number of rotatable bonds is 8. The van der Waals surface area contributed by atoms with Gasteiger partial charge in [-0.15, -0.1) is 25.3 Å². The molecule has 3 rings (SSSR count). The molecule has 0 spiro atoms. The molecule has 0 aliphatic carbocycles. The summed E-state index contributed by atoms with van der Waals surface area (Å²) in [6.45, 7) is 0.649. The van der Waals surface area contributed by atoms with Crippen LogP contribution in [0, 0.1) is 0 Å². The lowest BCUT2D eigenvalue weighted by atomic mass is 10.2. The molecule has 204 valence electrons. The number of anilines is 2. The largest absolute Gasteiger partial charge is 0.423 e. The summed E-state index contributed by atoms with van der Waals surface area (Å²) in [4.78, 5) is 34.7. The maximum atomic E-state index is 13.1. The van der Waals surface area contributed by atoms with Crippen molar-refractivity contribution in [2.75, 3.05) is 49.5 Å². The Morgan fingerprint density at radius 1 is 1.03 bits per heavy atom. The van der Waals surface area contributed by atoms with Crippen molar-refractivity contribution in [3.63, 3.8) is 0 Å². The number of halogens is 6. The van der Waals surface area contributed by atoms with Crippen LogP contribution in [0.15, 0.2) is 23.4 Å². The fourth-order valence-corrected chi connectivity index (χ4v) is 3.81. The first-order valence-corrected chi connectivity index (χ1v) is 11.5. The molecular formula is C19H21F6N7O3S2. The number of amides is 1. The summed E-state index contributed by atoms with van der Waals surface area (Å²) in [5.74, 6) is -0.262. The molecule has 37 heavy (non-hydrogen) atoms. The van der Waals surface area contributed by atoms with Gasteiger partial charge in [-0.05, 0) is 0 Å². The highest BCUT2D eigenvalue weighted by Gasteiger charge is 2.37. The molecule has 2 aromatic heterocycles. The highest BCUT2D eigenvalue weighted by molar-refractivity contribution is 8.00. The van der Waals surface area contributed by atoms with Gasteiger partial charge in [0.15, 0.2) is 4.27 Å². The predicted molar refractivity (Wildman–Crippen MR) is 125 cm³/mol. The van der Waals surface area contributed by atoms with Crippen LogP contribution in [0.1, 0.15) is 17.5 Å². The minimum Gasteiger partial charge on any atom is -0.381 e. The quantitative estimate of drug-likeness (QED) is 0.165. The Balaban J connectivity index is 1.45. The molecule has 1 aliphatic heterocycles. The van der Waals surface area contributed by atoms with Crippen LogP contribution in [-0.4, -0.2) is 74.6 Å². The monoisotopic (exact) mass is 573 g/mol. The van der Waals surface area contributed by atoms with E-state index in [9.17, 15) is 35.9 Å². The number of nitrogens with zero attached hydrogens (tertiary/aromatic N) is 5. The Labute approximate surface area is 216 Å². The standard InChI is InChI=1S/C19H21F6N7O3S2/c20-18(21,22)11-8-27-16(28-9-11)32-4-2-31(3-5-32)13(33)7-17(36,37)35-6-1-26-12-10-29-30-15(34)14(12)19(23,24)25/h8-10,36-37H,1-7H2,(H2,26,30,34). The van der Waals surface area contributed by atoms with Crippen LogP contribution in [0.2, 0.25) is 0 Å². The molecule has 0 atom stereocenters. The van der Waals surface area contributed by atoms with E-state index in [1.165, 1.54) is 4.90 Å². The summed E-state index contributed by atoms with van der Waals surface area (Å²) in [7, 11) is 0. The number of aromatic nitrogens is 4. The minimum absolute atomic E-state index is 0.109. The highest BCUT2D eigenvalue weighted by atomic mass is 32.2. The van der Waals surface area contributed by atoms with Gasteiger partial charge in [0.1, 0.15) is 5.56 Å². The molecule has 0 saturated carbocycles. The minimum atomic E-state index is -4.90. The number of hydrogen-bond acceptors (Lipinski definition) is 10. The SMILES string of the molecule is O=C(CC(S)(S)OCCNc1cn[nH]c(=O)c1C(F)(F)F)N1CCN(c2ncc(C(F)(F)F)cn2)CC1. The summed E-state index contributed by atoms with van der Waals surface area (Å²) >= 11 is 8.39. The molecule has 3 heterocycles. The molecule has 10 nitrogen and oxygen atoms in total. The van der Waals surface area contributed by atoms with Crippen LogP contribution in [0.5, 0.6) is 0 Å². The van der Waals surface area contributed by atoms with E-state index in [1.54, 1.807) is 10.00 Å². The summed E-state index contributed by atoms with van der Waals surface area (Å²) in [5.41, 5.74) is -4.32. The van der Waals surface area contributed by atoms with E-state index in [4.69, 9.17) is 4.74 Å². The Kier molecular flexibility index (Phi) is 8.84. The van der Waals surface area contributed by atoms with Gasteiger partial charge in [0.25, 0.3) is 5.56 Å². The average Bonchev–Trinajstić information content (AvgIpc) is 2.80. The van der Waals surface area contributed by atoms with Crippen molar-refractivity contribution < 1.29 is 35.9 Å². The lowest BCUT2D eigenvalue weighted by molar-refractivity contribution is -0.139. The van der Waals surface area contributed by atoms with E-state index in [2.05, 4.69) is 45.6 Å². The average molecular weight is 574 g/mol. The number of carbonyl (C=O) groups excluding carboxylic acids is 1. The molecule has 2 N–H and O–H groups in total. The molecule has 1 fully saturated rings. The van der Waals surface area contributed by atoms with Crippen LogP contribution >= 0.6 is 25.3 Å². The van der Waals surface area contributed by atoms with Gasteiger partial charge in [-0.2, -0.15) is 31.4 Å². The highest BCUT2D eigenvalue weighted by Crippen LogP contribution is 2.32. The van der Waals surface area contributed by atoms with Gasteiger partial charge in [-0.25, -0.2) is 15.1 Å². The third kappa shape index (κ3) is 7.88. The zero-order valence-corrected chi connectivity index (χ0v) is 20.6. The molecule has 0 bridgehead atoms. The van der Waals surface area contributed by atoms with Crippen LogP contribution in [-0.2, 0) is 21.9 Å². The number of hydrogen-bond donors (Lipinski definition) is 4. The zero-order chi connectivity index (χ0) is 27.4. The van der Waals surface area contributed by atoms with Gasteiger partial charge in [-0.1, -0.05) is 0 Å². The van der Waals surface area contributed by atoms with Gasteiger partial charge >= 0.3 is 12.4 Å². The molecule has 1 aliphatic rings. The zero-order valence-electron chi connectivity index (χ0n) is 18.8. The third-order valence-electron chi connectivity index (χ3n) is 5.15. The van der Waals surface area contributed by atoms with Gasteiger partial charge in [0.2, 0.25) is 11.9 Å². The van der Waals surface area contributed by atoms with E-state index in [-0.39, 0.29) is 57.6 Å². The summed E-state index contributed by atoms with van der Waals surface area (Å²) in [5, 5.41) is 7.47. The van der Waals surface area contributed by atoms with Gasteiger partial charge < -0.3 is 19.9 Å². The Morgan fingerprint density at radius 3 is 2.22 bits per heavy atom. The summed E-state index contributed by atoms with van der Waals surface area (Å²) in [6, 6.07) is 0. The second-order valence-electron chi connectivity index (χ2n) is 7.82. The second-order valence-corrected chi connectivity index (χ2v) is 9.62. The maximum Gasteiger partial charge on any atom is 0.423 e. The lowest BCUT2D eigenvalue weighted by Crippen LogP contribution is -2.50. The van der Waals surface area contributed by atoms with E-state index >= 15 is 0 Å². The molecule has 1 saturated heterocycles. The first-order valence-electron chi connectivity index (χ1n) is 10.6. The topological polar surface area (TPSA) is 116 Å². The molecule has 18 heteroatoms. The number of thiol groups is 2. The molecule has 0 radical (unpaired) electrons. The van der Waals surface area contributed by atoms with Crippen molar-refractivity contribution in [3.8, 4) is 0 Å². The number of alkyl halides is 6. The molecule has 1 amide bonds. The maximum absolute atomic E-state index is 13.1. The summed E-state index contributed by atoms with van der Waals surface area (Å²) in [6.07, 6.45) is -7.52. The molecular weight excluding hydrogens is 552 g/mol. The van der Waals surface area contributed by atoms with Crippen molar-refractivity contribution >= 4 is 42.8 Å². The second kappa shape index (κ2) is 11.3. The lowest BCUT2D eigenvalue weighted by Gasteiger charge is -2.36. The number of piperazine rings is 1. The van der Waals surface area contributed by atoms with Gasteiger partial charge in [0, 0.05) is 45.1 Å². The number of ether oxygens (including phenoxy) is 1. The van der Waals surface area contributed by atoms with Gasteiger partial charge in [0.05, 0.1) is 30.5 Å². The van der Waals surface area contributed by atoms with E-state index < -0.39 is 39.0 Å². The molecule has 2 aromatic rings. The van der Waals surface area contributed by atoms with E-state index in [0.29, 0.717) is 12.4 Å².